The number of rotatable bonds is 8. The summed E-state index contributed by atoms with van der Waals surface area (Å²) in [6.07, 6.45) is 0. The highest BCUT2D eigenvalue weighted by Crippen LogP contribution is 2.25. The number of amides is 1. The highest BCUT2D eigenvalue weighted by Gasteiger charge is 2.12. The molecule has 0 aliphatic carbocycles. The summed E-state index contributed by atoms with van der Waals surface area (Å²) >= 11 is 1.69. The summed E-state index contributed by atoms with van der Waals surface area (Å²) in [4.78, 5) is 24.1. The molecule has 0 unspecified atom stereocenters. The number of hydrogen-bond acceptors (Lipinski definition) is 4. The lowest BCUT2D eigenvalue weighted by molar-refractivity contribution is -0.139. The van der Waals surface area contributed by atoms with Crippen molar-refractivity contribution < 1.29 is 19.4 Å². The number of carboxylic acid groups (broad SMARTS) is 1. The molecule has 6 heteroatoms. The first kappa shape index (κ1) is 18.9. The molecule has 1 amide bonds. The van der Waals surface area contributed by atoms with Gasteiger partial charge in [-0.3, -0.25) is 4.79 Å². The molecule has 0 saturated carbocycles. The van der Waals surface area contributed by atoms with Crippen LogP contribution in [0.4, 0.5) is 0 Å². The minimum absolute atomic E-state index is 0.148. The van der Waals surface area contributed by atoms with Gasteiger partial charge in [-0.05, 0) is 49.2 Å². The molecule has 2 N–H and O–H groups in total. The molecule has 0 aliphatic heterocycles. The SMILES string of the molecule is Cc1cc(C(=O)NCCSc2ccccc2)cc(C)c1OCC(=O)O. The van der Waals surface area contributed by atoms with E-state index in [9.17, 15) is 9.59 Å². The van der Waals surface area contributed by atoms with Crippen LogP contribution in [-0.4, -0.2) is 35.9 Å². The molecule has 0 saturated heterocycles. The van der Waals surface area contributed by atoms with E-state index < -0.39 is 12.6 Å². The molecule has 0 radical (unpaired) electrons. The molecule has 132 valence electrons. The summed E-state index contributed by atoms with van der Waals surface area (Å²) in [5.74, 6) is 0.118. The fourth-order valence-corrected chi connectivity index (χ4v) is 3.18. The van der Waals surface area contributed by atoms with Crippen molar-refractivity contribution >= 4 is 23.6 Å². The van der Waals surface area contributed by atoms with Crippen molar-refractivity contribution in [2.75, 3.05) is 18.9 Å². The third kappa shape index (κ3) is 5.83. The third-order valence-corrected chi connectivity index (χ3v) is 4.48. The maximum atomic E-state index is 12.3. The van der Waals surface area contributed by atoms with Gasteiger partial charge in [0.25, 0.3) is 5.91 Å². The molecule has 2 aromatic rings. The number of carbonyl (C=O) groups excluding carboxylic acids is 1. The van der Waals surface area contributed by atoms with Crippen LogP contribution in [0.1, 0.15) is 21.5 Å². The Kier molecular flexibility index (Phi) is 6.89. The van der Waals surface area contributed by atoms with Crippen LogP contribution in [0.5, 0.6) is 5.75 Å². The number of benzene rings is 2. The molecular formula is C19H21NO4S. The quantitative estimate of drug-likeness (QED) is 0.559. The van der Waals surface area contributed by atoms with E-state index in [1.54, 1.807) is 37.7 Å². The van der Waals surface area contributed by atoms with Crippen LogP contribution in [0, 0.1) is 13.8 Å². The van der Waals surface area contributed by atoms with E-state index in [4.69, 9.17) is 9.84 Å². The Morgan fingerprint density at radius 1 is 1.12 bits per heavy atom. The summed E-state index contributed by atoms with van der Waals surface area (Å²) < 4.78 is 5.28. The second kappa shape index (κ2) is 9.13. The van der Waals surface area contributed by atoms with Crippen molar-refractivity contribution in [2.45, 2.75) is 18.7 Å². The van der Waals surface area contributed by atoms with Gasteiger partial charge in [-0.15, -0.1) is 11.8 Å². The number of aliphatic carboxylic acids is 1. The first-order chi connectivity index (χ1) is 12.0. The number of aryl methyl sites for hydroxylation is 2. The minimum Gasteiger partial charge on any atom is -0.481 e. The average Bonchev–Trinajstić information content (AvgIpc) is 2.58. The van der Waals surface area contributed by atoms with Crippen LogP contribution in [0.2, 0.25) is 0 Å². The second-order valence-electron chi connectivity index (χ2n) is 5.54. The molecule has 2 rings (SSSR count). The number of carboxylic acids is 1. The van der Waals surface area contributed by atoms with Crippen molar-refractivity contribution in [1.29, 1.82) is 0 Å². The Labute approximate surface area is 151 Å². The van der Waals surface area contributed by atoms with Gasteiger partial charge in [0.1, 0.15) is 5.75 Å². The van der Waals surface area contributed by atoms with Crippen LogP contribution in [0.15, 0.2) is 47.4 Å². The minimum atomic E-state index is -1.03. The predicted octanol–water partition coefficient (Wildman–Crippen LogP) is 3.29. The molecule has 0 fully saturated rings. The Morgan fingerprint density at radius 2 is 1.76 bits per heavy atom. The normalized spacial score (nSPS) is 10.3. The monoisotopic (exact) mass is 359 g/mol. The fourth-order valence-electron chi connectivity index (χ4n) is 2.40. The van der Waals surface area contributed by atoms with E-state index in [0.717, 1.165) is 16.9 Å². The summed E-state index contributed by atoms with van der Waals surface area (Å²) in [6.45, 7) is 3.76. The Hall–Kier alpha value is -2.47. The van der Waals surface area contributed by atoms with E-state index in [-0.39, 0.29) is 5.91 Å². The van der Waals surface area contributed by atoms with Crippen molar-refractivity contribution in [3.8, 4) is 5.75 Å². The van der Waals surface area contributed by atoms with Crippen molar-refractivity contribution in [1.82, 2.24) is 5.32 Å². The zero-order chi connectivity index (χ0) is 18.2. The van der Waals surface area contributed by atoms with Crippen LogP contribution in [-0.2, 0) is 4.79 Å². The van der Waals surface area contributed by atoms with E-state index in [1.807, 2.05) is 30.3 Å². The number of thioether (sulfide) groups is 1. The number of ether oxygens (including phenoxy) is 1. The summed E-state index contributed by atoms with van der Waals surface area (Å²) in [5.41, 5.74) is 2.03. The Balaban J connectivity index is 1.89. The molecule has 0 spiro atoms. The van der Waals surface area contributed by atoms with E-state index in [1.165, 1.54) is 4.90 Å². The molecule has 0 atom stereocenters. The molecule has 0 heterocycles. The lowest BCUT2D eigenvalue weighted by atomic mass is 10.1. The summed E-state index contributed by atoms with van der Waals surface area (Å²) in [6, 6.07) is 13.4. The van der Waals surface area contributed by atoms with Gasteiger partial charge >= 0.3 is 5.97 Å². The van der Waals surface area contributed by atoms with Crippen LogP contribution in [0.3, 0.4) is 0 Å². The largest absolute Gasteiger partial charge is 0.481 e. The first-order valence-corrected chi connectivity index (χ1v) is 8.88. The molecule has 2 aromatic carbocycles. The van der Waals surface area contributed by atoms with Crippen LogP contribution in [0.25, 0.3) is 0 Å². The lowest BCUT2D eigenvalue weighted by Gasteiger charge is -2.13. The topological polar surface area (TPSA) is 75.6 Å². The smallest absolute Gasteiger partial charge is 0.341 e. The lowest BCUT2D eigenvalue weighted by Crippen LogP contribution is -2.26. The molecule has 0 bridgehead atoms. The van der Waals surface area contributed by atoms with Gasteiger partial charge in [-0.1, -0.05) is 18.2 Å². The van der Waals surface area contributed by atoms with E-state index in [0.29, 0.717) is 17.9 Å². The summed E-state index contributed by atoms with van der Waals surface area (Å²) in [7, 11) is 0. The van der Waals surface area contributed by atoms with Gasteiger partial charge in [0.2, 0.25) is 0 Å². The number of nitrogens with one attached hydrogen (secondary N) is 1. The average molecular weight is 359 g/mol. The van der Waals surface area contributed by atoms with Gasteiger partial charge in [0.05, 0.1) is 0 Å². The van der Waals surface area contributed by atoms with E-state index >= 15 is 0 Å². The summed E-state index contributed by atoms with van der Waals surface area (Å²) in [5, 5.41) is 11.6. The maximum Gasteiger partial charge on any atom is 0.341 e. The van der Waals surface area contributed by atoms with Gasteiger partial charge in [-0.2, -0.15) is 0 Å². The predicted molar refractivity (Wildman–Crippen MR) is 98.5 cm³/mol. The second-order valence-corrected chi connectivity index (χ2v) is 6.71. The molecule has 0 aliphatic rings. The zero-order valence-corrected chi connectivity index (χ0v) is 15.1. The Morgan fingerprint density at radius 3 is 2.36 bits per heavy atom. The van der Waals surface area contributed by atoms with Gasteiger partial charge < -0.3 is 15.2 Å². The van der Waals surface area contributed by atoms with Crippen molar-refractivity contribution in [2.24, 2.45) is 0 Å². The fraction of sp³-hybridized carbons (Fsp3) is 0.263. The van der Waals surface area contributed by atoms with Crippen molar-refractivity contribution in [3.05, 3.63) is 59.2 Å². The first-order valence-electron chi connectivity index (χ1n) is 7.89. The van der Waals surface area contributed by atoms with Crippen LogP contribution < -0.4 is 10.1 Å². The zero-order valence-electron chi connectivity index (χ0n) is 14.2. The Bertz CT molecular complexity index is 723. The van der Waals surface area contributed by atoms with Gasteiger partial charge in [0, 0.05) is 22.8 Å². The van der Waals surface area contributed by atoms with Gasteiger partial charge in [-0.25, -0.2) is 4.79 Å². The highest BCUT2D eigenvalue weighted by molar-refractivity contribution is 7.99. The third-order valence-electron chi connectivity index (χ3n) is 3.46. The van der Waals surface area contributed by atoms with Gasteiger partial charge in [0.15, 0.2) is 6.61 Å². The molecule has 5 nitrogen and oxygen atoms in total. The molecule has 0 aromatic heterocycles. The van der Waals surface area contributed by atoms with Crippen LogP contribution >= 0.6 is 11.8 Å². The molecule has 25 heavy (non-hydrogen) atoms. The number of carbonyl (C=O) groups is 2. The number of hydrogen-bond donors (Lipinski definition) is 2. The molecular weight excluding hydrogens is 338 g/mol. The maximum absolute atomic E-state index is 12.3. The standard InChI is InChI=1S/C19H21NO4S/c1-13-10-15(11-14(2)18(13)24-12-17(21)22)19(23)20-8-9-25-16-6-4-3-5-7-16/h3-7,10-11H,8-9,12H2,1-2H3,(H,20,23)(H,21,22). The highest BCUT2D eigenvalue weighted by atomic mass is 32.2. The van der Waals surface area contributed by atoms with Crippen molar-refractivity contribution in [3.63, 3.8) is 0 Å². The van der Waals surface area contributed by atoms with E-state index in [2.05, 4.69) is 5.32 Å².